The van der Waals surface area contributed by atoms with E-state index >= 15 is 0 Å². The maximum absolute atomic E-state index is 9.33. The summed E-state index contributed by atoms with van der Waals surface area (Å²) in [4.78, 5) is 6.85. The van der Waals surface area contributed by atoms with E-state index in [1.807, 2.05) is 19.1 Å². The number of pyridine rings is 1. The van der Waals surface area contributed by atoms with E-state index in [0.717, 1.165) is 48.6 Å². The molecule has 100 valence electrons. The molecule has 1 rings (SSSR count). The van der Waals surface area contributed by atoms with Crippen LogP contribution in [0.25, 0.3) is 0 Å². The van der Waals surface area contributed by atoms with Crippen LogP contribution in [0.1, 0.15) is 38.4 Å². The first-order chi connectivity index (χ1) is 8.60. The summed E-state index contributed by atoms with van der Waals surface area (Å²) in [7, 11) is 0. The van der Waals surface area contributed by atoms with Crippen molar-refractivity contribution in [2.24, 2.45) is 0 Å². The Morgan fingerprint density at radius 1 is 1.39 bits per heavy atom. The molecule has 0 amide bonds. The van der Waals surface area contributed by atoms with E-state index in [1.165, 1.54) is 0 Å². The van der Waals surface area contributed by atoms with Gasteiger partial charge in [-0.15, -0.1) is 0 Å². The van der Waals surface area contributed by atoms with Crippen LogP contribution in [0.4, 0.5) is 5.82 Å². The van der Waals surface area contributed by atoms with Crippen molar-refractivity contribution in [3.05, 3.63) is 35.5 Å². The van der Waals surface area contributed by atoms with Crippen LogP contribution < -0.4 is 4.90 Å². The average Bonchev–Trinajstić information content (AvgIpc) is 2.35. The van der Waals surface area contributed by atoms with E-state index in [4.69, 9.17) is 0 Å². The Kier molecular flexibility index (Phi) is 5.86. The standard InChI is InChI=1S/C15H24N2O/c1-5-7-14-8-13(11-18)9-15(16-14)17(6-2)10-12(3)4/h8-9,18H,3,5-7,10-11H2,1-2,4H3. The van der Waals surface area contributed by atoms with Crippen molar-refractivity contribution < 1.29 is 5.11 Å². The van der Waals surface area contributed by atoms with Gasteiger partial charge >= 0.3 is 0 Å². The van der Waals surface area contributed by atoms with Crippen molar-refractivity contribution >= 4 is 5.82 Å². The van der Waals surface area contributed by atoms with E-state index in [9.17, 15) is 5.11 Å². The zero-order valence-electron chi connectivity index (χ0n) is 11.7. The maximum atomic E-state index is 9.33. The van der Waals surface area contributed by atoms with Gasteiger partial charge in [0.05, 0.1) is 6.61 Å². The number of aliphatic hydroxyl groups is 1. The number of hydrogen-bond acceptors (Lipinski definition) is 3. The highest BCUT2D eigenvalue weighted by Crippen LogP contribution is 2.17. The summed E-state index contributed by atoms with van der Waals surface area (Å²) in [5.74, 6) is 0.940. The number of rotatable bonds is 7. The predicted octanol–water partition coefficient (Wildman–Crippen LogP) is 2.93. The smallest absolute Gasteiger partial charge is 0.129 e. The fourth-order valence-electron chi connectivity index (χ4n) is 1.95. The molecule has 0 aliphatic carbocycles. The third-order valence-corrected chi connectivity index (χ3v) is 2.78. The third-order valence-electron chi connectivity index (χ3n) is 2.78. The molecular weight excluding hydrogens is 224 g/mol. The van der Waals surface area contributed by atoms with Gasteiger partial charge in [-0.1, -0.05) is 25.5 Å². The minimum absolute atomic E-state index is 0.0663. The van der Waals surface area contributed by atoms with Gasteiger partial charge in [0, 0.05) is 18.8 Å². The first-order valence-corrected chi connectivity index (χ1v) is 6.60. The lowest BCUT2D eigenvalue weighted by molar-refractivity contribution is 0.281. The fraction of sp³-hybridized carbons (Fsp3) is 0.533. The Hall–Kier alpha value is -1.35. The first-order valence-electron chi connectivity index (χ1n) is 6.60. The van der Waals surface area contributed by atoms with Gasteiger partial charge in [-0.2, -0.15) is 0 Å². The van der Waals surface area contributed by atoms with Crippen LogP contribution in [0.5, 0.6) is 0 Å². The van der Waals surface area contributed by atoms with Crippen LogP contribution in [0, 0.1) is 0 Å². The molecule has 0 unspecified atom stereocenters. The number of likely N-dealkylation sites (N-methyl/N-ethyl adjacent to an activating group) is 1. The monoisotopic (exact) mass is 248 g/mol. The fourth-order valence-corrected chi connectivity index (χ4v) is 1.95. The number of hydrogen-bond donors (Lipinski definition) is 1. The highest BCUT2D eigenvalue weighted by molar-refractivity contribution is 5.43. The number of aliphatic hydroxyl groups excluding tert-OH is 1. The van der Waals surface area contributed by atoms with Crippen molar-refractivity contribution in [1.29, 1.82) is 0 Å². The van der Waals surface area contributed by atoms with Gasteiger partial charge in [0.1, 0.15) is 5.82 Å². The minimum Gasteiger partial charge on any atom is -0.392 e. The van der Waals surface area contributed by atoms with E-state index < -0.39 is 0 Å². The normalized spacial score (nSPS) is 10.4. The van der Waals surface area contributed by atoms with E-state index in [1.54, 1.807) is 0 Å². The summed E-state index contributed by atoms with van der Waals surface area (Å²) in [6.45, 7) is 12.0. The molecule has 3 nitrogen and oxygen atoms in total. The largest absolute Gasteiger partial charge is 0.392 e. The molecule has 0 atom stereocenters. The van der Waals surface area contributed by atoms with Crippen LogP contribution >= 0.6 is 0 Å². The van der Waals surface area contributed by atoms with Crippen molar-refractivity contribution in [3.8, 4) is 0 Å². The Balaban J connectivity index is 3.04. The molecule has 1 aromatic heterocycles. The van der Waals surface area contributed by atoms with Gasteiger partial charge in [0.15, 0.2) is 0 Å². The van der Waals surface area contributed by atoms with Crippen LogP contribution in [0.3, 0.4) is 0 Å². The summed E-state index contributed by atoms with van der Waals surface area (Å²) in [6.07, 6.45) is 2.01. The summed E-state index contributed by atoms with van der Waals surface area (Å²) < 4.78 is 0. The zero-order chi connectivity index (χ0) is 13.5. The highest BCUT2D eigenvalue weighted by atomic mass is 16.3. The molecule has 0 aromatic carbocycles. The Bertz CT molecular complexity index is 401. The number of nitrogens with zero attached hydrogens (tertiary/aromatic N) is 2. The Labute approximate surface area is 110 Å². The molecule has 18 heavy (non-hydrogen) atoms. The van der Waals surface area contributed by atoms with E-state index in [-0.39, 0.29) is 6.61 Å². The summed E-state index contributed by atoms with van der Waals surface area (Å²) in [6, 6.07) is 3.95. The molecule has 3 heteroatoms. The van der Waals surface area contributed by atoms with Gasteiger partial charge in [-0.05, 0) is 38.0 Å². The first kappa shape index (κ1) is 14.7. The van der Waals surface area contributed by atoms with E-state index in [0.29, 0.717) is 0 Å². The SMILES string of the molecule is C=C(C)CN(CC)c1cc(CO)cc(CCC)n1. The molecular formula is C15H24N2O. The van der Waals surface area contributed by atoms with Crippen molar-refractivity contribution in [2.75, 3.05) is 18.0 Å². The maximum Gasteiger partial charge on any atom is 0.129 e. The summed E-state index contributed by atoms with van der Waals surface area (Å²) in [5.41, 5.74) is 3.10. The minimum atomic E-state index is 0.0663. The number of aromatic nitrogens is 1. The molecule has 1 N–H and O–H groups in total. The van der Waals surface area contributed by atoms with Crippen LogP contribution in [-0.2, 0) is 13.0 Å². The highest BCUT2D eigenvalue weighted by Gasteiger charge is 2.09. The van der Waals surface area contributed by atoms with Gasteiger partial charge in [-0.25, -0.2) is 4.98 Å². The number of aryl methyl sites for hydroxylation is 1. The molecule has 0 radical (unpaired) electrons. The van der Waals surface area contributed by atoms with Gasteiger partial charge in [0.2, 0.25) is 0 Å². The zero-order valence-corrected chi connectivity index (χ0v) is 11.7. The topological polar surface area (TPSA) is 36.4 Å². The second kappa shape index (κ2) is 7.17. The van der Waals surface area contributed by atoms with Crippen LogP contribution in [-0.4, -0.2) is 23.2 Å². The predicted molar refractivity (Wildman–Crippen MR) is 76.9 cm³/mol. The molecule has 0 spiro atoms. The summed E-state index contributed by atoms with van der Waals surface area (Å²) >= 11 is 0. The third kappa shape index (κ3) is 4.15. The molecule has 0 fully saturated rings. The quantitative estimate of drug-likeness (QED) is 0.754. The van der Waals surface area contributed by atoms with Crippen molar-refractivity contribution in [2.45, 2.75) is 40.2 Å². The molecule has 1 heterocycles. The molecule has 0 bridgehead atoms. The van der Waals surface area contributed by atoms with Crippen molar-refractivity contribution in [1.82, 2.24) is 4.98 Å². The van der Waals surface area contributed by atoms with Crippen LogP contribution in [0.15, 0.2) is 24.3 Å². The molecule has 1 aromatic rings. The Morgan fingerprint density at radius 3 is 2.61 bits per heavy atom. The van der Waals surface area contributed by atoms with Gasteiger partial charge < -0.3 is 10.0 Å². The summed E-state index contributed by atoms with van der Waals surface area (Å²) in [5, 5.41) is 9.33. The van der Waals surface area contributed by atoms with E-state index in [2.05, 4.69) is 30.3 Å². The molecule has 0 aliphatic rings. The lowest BCUT2D eigenvalue weighted by atomic mass is 10.1. The second-order valence-electron chi connectivity index (χ2n) is 4.70. The second-order valence-corrected chi connectivity index (χ2v) is 4.70. The molecule has 0 aliphatic heterocycles. The molecule has 0 saturated heterocycles. The lowest BCUT2D eigenvalue weighted by Crippen LogP contribution is -2.26. The van der Waals surface area contributed by atoms with Crippen molar-refractivity contribution in [3.63, 3.8) is 0 Å². The van der Waals surface area contributed by atoms with Crippen LogP contribution in [0.2, 0.25) is 0 Å². The van der Waals surface area contributed by atoms with Gasteiger partial charge in [-0.3, -0.25) is 0 Å². The lowest BCUT2D eigenvalue weighted by Gasteiger charge is -2.23. The van der Waals surface area contributed by atoms with Gasteiger partial charge in [0.25, 0.3) is 0 Å². The average molecular weight is 248 g/mol. The molecule has 0 saturated carbocycles. The number of anilines is 1. The Morgan fingerprint density at radius 2 is 2.11 bits per heavy atom.